The predicted octanol–water partition coefficient (Wildman–Crippen LogP) is 3.49. The normalized spacial score (nSPS) is 19.8. The number of nitrogens with zero attached hydrogens (tertiary/aromatic N) is 1. The van der Waals surface area contributed by atoms with Gasteiger partial charge in [0, 0.05) is 23.5 Å². The Bertz CT molecular complexity index is 358. The zero-order valence-corrected chi connectivity index (χ0v) is 12.0. The molecule has 1 aromatic rings. The monoisotopic (exact) mass is 272 g/mol. The van der Waals surface area contributed by atoms with Crippen molar-refractivity contribution in [3.05, 3.63) is 21.3 Å². The highest BCUT2D eigenvalue weighted by molar-refractivity contribution is 7.16. The minimum Gasteiger partial charge on any atom is -0.324 e. The Morgan fingerprint density at radius 1 is 1.35 bits per heavy atom. The van der Waals surface area contributed by atoms with Gasteiger partial charge in [-0.3, -0.25) is 4.90 Å². The minimum atomic E-state index is 0.0358. The quantitative estimate of drug-likeness (QED) is 0.909. The summed E-state index contributed by atoms with van der Waals surface area (Å²) in [6, 6.07) is 4.07. The number of hydrogen-bond acceptors (Lipinski definition) is 3. The standard InChI is InChI=1S/C13H21ClN2S/c1-16(9-11-5-6-12(14)17-11)10-13(15)7-3-2-4-8-13/h5-6H,2-4,7-10,15H2,1H3. The van der Waals surface area contributed by atoms with Crippen LogP contribution in [-0.4, -0.2) is 24.0 Å². The van der Waals surface area contributed by atoms with Crippen LogP contribution >= 0.6 is 22.9 Å². The van der Waals surface area contributed by atoms with Crippen molar-refractivity contribution in [1.29, 1.82) is 0 Å². The Hall–Kier alpha value is -0.0900. The van der Waals surface area contributed by atoms with Crippen molar-refractivity contribution in [1.82, 2.24) is 4.90 Å². The summed E-state index contributed by atoms with van der Waals surface area (Å²) in [5.41, 5.74) is 6.49. The van der Waals surface area contributed by atoms with Crippen molar-refractivity contribution in [2.75, 3.05) is 13.6 Å². The molecule has 17 heavy (non-hydrogen) atoms. The van der Waals surface area contributed by atoms with E-state index in [-0.39, 0.29) is 5.54 Å². The zero-order valence-electron chi connectivity index (χ0n) is 10.4. The van der Waals surface area contributed by atoms with E-state index in [1.54, 1.807) is 11.3 Å². The van der Waals surface area contributed by atoms with E-state index in [4.69, 9.17) is 17.3 Å². The molecule has 2 nitrogen and oxygen atoms in total. The molecule has 0 unspecified atom stereocenters. The van der Waals surface area contributed by atoms with E-state index in [1.807, 2.05) is 6.07 Å². The Balaban J connectivity index is 1.85. The third kappa shape index (κ3) is 3.95. The van der Waals surface area contributed by atoms with Gasteiger partial charge >= 0.3 is 0 Å². The fraction of sp³-hybridized carbons (Fsp3) is 0.692. The first-order valence-corrected chi connectivity index (χ1v) is 7.48. The molecule has 1 heterocycles. The van der Waals surface area contributed by atoms with Gasteiger partial charge in [0.1, 0.15) is 0 Å². The Morgan fingerprint density at radius 3 is 2.65 bits per heavy atom. The molecule has 1 fully saturated rings. The summed E-state index contributed by atoms with van der Waals surface area (Å²) >= 11 is 7.60. The minimum absolute atomic E-state index is 0.0358. The summed E-state index contributed by atoms with van der Waals surface area (Å²) in [7, 11) is 2.15. The van der Waals surface area contributed by atoms with Gasteiger partial charge in [-0.05, 0) is 32.0 Å². The molecule has 4 heteroatoms. The molecule has 1 aromatic heterocycles. The van der Waals surface area contributed by atoms with Crippen LogP contribution in [0.4, 0.5) is 0 Å². The lowest BCUT2D eigenvalue weighted by molar-refractivity contribution is 0.194. The molecule has 1 saturated carbocycles. The van der Waals surface area contributed by atoms with Crippen molar-refractivity contribution in [2.24, 2.45) is 5.73 Å². The van der Waals surface area contributed by atoms with Crippen molar-refractivity contribution in [3.63, 3.8) is 0 Å². The molecule has 0 aliphatic heterocycles. The third-order valence-electron chi connectivity index (χ3n) is 3.49. The number of nitrogens with two attached hydrogens (primary N) is 1. The molecule has 96 valence electrons. The smallest absolute Gasteiger partial charge is 0.0931 e. The van der Waals surface area contributed by atoms with E-state index in [1.165, 1.54) is 37.0 Å². The van der Waals surface area contributed by atoms with Crippen LogP contribution < -0.4 is 5.73 Å². The average Bonchev–Trinajstić information content (AvgIpc) is 2.63. The van der Waals surface area contributed by atoms with Crippen molar-refractivity contribution >= 4 is 22.9 Å². The molecule has 1 aliphatic carbocycles. The SMILES string of the molecule is CN(Cc1ccc(Cl)s1)CC1(N)CCCCC1. The van der Waals surface area contributed by atoms with Crippen LogP contribution in [0.25, 0.3) is 0 Å². The Kier molecular flexibility index (Phi) is 4.47. The van der Waals surface area contributed by atoms with Gasteiger partial charge in [0.15, 0.2) is 0 Å². The molecular weight excluding hydrogens is 252 g/mol. The van der Waals surface area contributed by atoms with Gasteiger partial charge in [-0.25, -0.2) is 0 Å². The molecule has 0 radical (unpaired) electrons. The van der Waals surface area contributed by atoms with Crippen LogP contribution in [0.15, 0.2) is 12.1 Å². The number of halogens is 1. The first kappa shape index (κ1) is 13.3. The summed E-state index contributed by atoms with van der Waals surface area (Å²) in [5.74, 6) is 0. The number of hydrogen-bond donors (Lipinski definition) is 1. The molecule has 0 aromatic carbocycles. The second-order valence-corrected chi connectivity index (χ2v) is 7.10. The van der Waals surface area contributed by atoms with Crippen LogP contribution in [0, 0.1) is 0 Å². The largest absolute Gasteiger partial charge is 0.324 e. The molecule has 2 rings (SSSR count). The summed E-state index contributed by atoms with van der Waals surface area (Å²) in [6.45, 7) is 1.94. The Morgan fingerprint density at radius 2 is 2.06 bits per heavy atom. The topological polar surface area (TPSA) is 29.3 Å². The third-order valence-corrected chi connectivity index (χ3v) is 4.70. The van der Waals surface area contributed by atoms with Gasteiger partial charge in [-0.1, -0.05) is 30.9 Å². The molecule has 0 spiro atoms. The molecule has 0 bridgehead atoms. The van der Waals surface area contributed by atoms with E-state index in [0.717, 1.165) is 17.4 Å². The van der Waals surface area contributed by atoms with Gasteiger partial charge in [-0.2, -0.15) is 0 Å². The molecule has 0 atom stereocenters. The summed E-state index contributed by atoms with van der Waals surface area (Å²) in [4.78, 5) is 3.64. The maximum Gasteiger partial charge on any atom is 0.0931 e. The molecule has 0 saturated heterocycles. The number of thiophene rings is 1. The second-order valence-electron chi connectivity index (χ2n) is 5.30. The lowest BCUT2D eigenvalue weighted by Crippen LogP contribution is -2.50. The van der Waals surface area contributed by atoms with Gasteiger partial charge in [-0.15, -0.1) is 11.3 Å². The van der Waals surface area contributed by atoms with Crippen LogP contribution in [0.5, 0.6) is 0 Å². The first-order chi connectivity index (χ1) is 8.07. The van der Waals surface area contributed by atoms with Crippen LogP contribution in [0.1, 0.15) is 37.0 Å². The fourth-order valence-corrected chi connectivity index (χ4v) is 3.88. The van der Waals surface area contributed by atoms with E-state index in [9.17, 15) is 0 Å². The first-order valence-electron chi connectivity index (χ1n) is 6.29. The van der Waals surface area contributed by atoms with Crippen LogP contribution in [0.3, 0.4) is 0 Å². The summed E-state index contributed by atoms with van der Waals surface area (Å²) in [5, 5.41) is 0. The van der Waals surface area contributed by atoms with Crippen molar-refractivity contribution in [3.8, 4) is 0 Å². The molecule has 2 N–H and O–H groups in total. The molecular formula is C13H21ClN2S. The lowest BCUT2D eigenvalue weighted by Gasteiger charge is -2.36. The van der Waals surface area contributed by atoms with E-state index < -0.39 is 0 Å². The van der Waals surface area contributed by atoms with Gasteiger partial charge < -0.3 is 5.73 Å². The highest BCUT2D eigenvalue weighted by atomic mass is 35.5. The molecule has 0 amide bonds. The van der Waals surface area contributed by atoms with Crippen molar-refractivity contribution in [2.45, 2.75) is 44.2 Å². The number of rotatable bonds is 4. The summed E-state index contributed by atoms with van der Waals surface area (Å²) < 4.78 is 0.869. The van der Waals surface area contributed by atoms with Crippen LogP contribution in [0.2, 0.25) is 4.34 Å². The number of likely N-dealkylation sites (N-methyl/N-ethyl adjacent to an activating group) is 1. The fourth-order valence-electron chi connectivity index (χ4n) is 2.71. The van der Waals surface area contributed by atoms with E-state index in [2.05, 4.69) is 18.0 Å². The van der Waals surface area contributed by atoms with Crippen LogP contribution in [-0.2, 0) is 6.54 Å². The van der Waals surface area contributed by atoms with Gasteiger partial charge in [0.05, 0.1) is 4.34 Å². The maximum absolute atomic E-state index is 6.45. The maximum atomic E-state index is 6.45. The van der Waals surface area contributed by atoms with Gasteiger partial charge in [0.25, 0.3) is 0 Å². The lowest BCUT2D eigenvalue weighted by atomic mass is 9.82. The highest BCUT2D eigenvalue weighted by Crippen LogP contribution is 2.28. The highest BCUT2D eigenvalue weighted by Gasteiger charge is 2.28. The van der Waals surface area contributed by atoms with Crippen molar-refractivity contribution < 1.29 is 0 Å². The summed E-state index contributed by atoms with van der Waals surface area (Å²) in [6.07, 6.45) is 6.26. The Labute approximate surface area is 113 Å². The van der Waals surface area contributed by atoms with E-state index >= 15 is 0 Å². The second kappa shape index (κ2) is 5.70. The predicted molar refractivity (Wildman–Crippen MR) is 75.7 cm³/mol. The molecule has 1 aliphatic rings. The average molecular weight is 273 g/mol. The zero-order chi connectivity index (χ0) is 12.3. The van der Waals surface area contributed by atoms with Gasteiger partial charge in [0.2, 0.25) is 0 Å². The van der Waals surface area contributed by atoms with E-state index in [0.29, 0.717) is 0 Å².